The quantitative estimate of drug-likeness (QED) is 0.174. The predicted molar refractivity (Wildman–Crippen MR) is 337 cm³/mol. The summed E-state index contributed by atoms with van der Waals surface area (Å²) in [5.74, 6) is 0. The van der Waals surface area contributed by atoms with Crippen LogP contribution in [0, 0.1) is 0 Å². The maximum Gasteiger partial charge on any atom is 0.0737 e. The second-order valence-corrected chi connectivity index (χ2v) is 29.1. The highest BCUT2D eigenvalue weighted by Crippen LogP contribution is 2.44. The largest absolute Gasteiger partial charge is 0.354 e. The molecule has 1 saturated heterocycles. The van der Waals surface area contributed by atoms with Crippen molar-refractivity contribution in [2.45, 2.75) is 177 Å². The van der Waals surface area contributed by atoms with Crippen molar-refractivity contribution in [2.24, 2.45) is 0 Å². The molecule has 404 valence electrons. The number of hydrogen-bond acceptors (Lipinski definition) is 3. The first-order valence-electron chi connectivity index (χ1n) is 28.9. The Morgan fingerprint density at radius 2 is 0.590 bits per heavy atom. The Bertz CT molecular complexity index is 3520. The van der Waals surface area contributed by atoms with Gasteiger partial charge >= 0.3 is 0 Å². The molecule has 0 atom stereocenters. The number of aromatic amines is 2. The van der Waals surface area contributed by atoms with E-state index >= 15 is 0 Å². The third-order valence-corrected chi connectivity index (χ3v) is 16.5. The van der Waals surface area contributed by atoms with Crippen molar-refractivity contribution in [3.8, 4) is 44.5 Å². The first-order valence-corrected chi connectivity index (χ1v) is 28.9. The van der Waals surface area contributed by atoms with E-state index < -0.39 is 0 Å². The summed E-state index contributed by atoms with van der Waals surface area (Å²) in [5, 5.41) is 0. The summed E-state index contributed by atoms with van der Waals surface area (Å²) >= 11 is 0. The van der Waals surface area contributed by atoms with Gasteiger partial charge in [-0.05, 0) is 168 Å². The summed E-state index contributed by atoms with van der Waals surface area (Å²) in [7, 11) is 0. The first-order chi connectivity index (χ1) is 36.4. The maximum atomic E-state index is 5.84. The van der Waals surface area contributed by atoms with E-state index in [1.807, 2.05) is 0 Å². The number of nitrogens with one attached hydrogen (secondary N) is 2. The molecule has 3 aliphatic rings. The maximum absolute atomic E-state index is 5.84. The highest BCUT2D eigenvalue weighted by Gasteiger charge is 2.28. The van der Waals surface area contributed by atoms with Crippen molar-refractivity contribution in [3.05, 3.63) is 165 Å². The van der Waals surface area contributed by atoms with E-state index in [-0.39, 0.29) is 32.5 Å². The van der Waals surface area contributed by atoms with Crippen LogP contribution in [-0.4, -0.2) is 37.9 Å². The molecule has 78 heavy (non-hydrogen) atoms. The lowest BCUT2D eigenvalue weighted by molar-refractivity contribution is 0.331. The number of aromatic nitrogens is 4. The van der Waals surface area contributed by atoms with Gasteiger partial charge in [-0.25, -0.2) is 9.97 Å². The van der Waals surface area contributed by atoms with Crippen molar-refractivity contribution in [1.82, 2.24) is 24.8 Å². The standard InChI is InChI=1S/C73H87N5/c1-68(2,3)50-35-47(36-51(41-50)69(4,5)6)65-58-27-25-56(74-58)64(46-23-21-45(22-24-46)44-78-33-19-20-34-78)57-26-28-59(75-57)66(48-37-52(70(7,8)9)42-53(38-48)71(10,11)12)61-30-32-63(77-61)67(62-31-29-60(65)76-62)49-39-54(72(13,14)15)43-55(40-49)73(16,17)18/h21-32,35-43,74,77H,19-20,33-34,44H2,1-18H3. The lowest BCUT2D eigenvalue weighted by atomic mass is 9.78. The number of hydrogen-bond donors (Lipinski definition) is 2. The van der Waals surface area contributed by atoms with Gasteiger partial charge in [0.05, 0.1) is 22.8 Å². The topological polar surface area (TPSA) is 60.6 Å². The van der Waals surface area contributed by atoms with Gasteiger partial charge in [-0.15, -0.1) is 0 Å². The van der Waals surface area contributed by atoms with Gasteiger partial charge in [0.2, 0.25) is 0 Å². The summed E-state index contributed by atoms with van der Waals surface area (Å²) in [5.41, 5.74) is 25.2. The fraction of sp³-hybridized carbons (Fsp3) is 0.397. The van der Waals surface area contributed by atoms with Crippen LogP contribution in [0.3, 0.4) is 0 Å². The van der Waals surface area contributed by atoms with E-state index in [1.165, 1.54) is 51.8 Å². The molecular weight excluding hydrogens is 947 g/mol. The van der Waals surface area contributed by atoms with Crippen LogP contribution in [0.4, 0.5) is 0 Å². The van der Waals surface area contributed by atoms with Crippen LogP contribution in [0.1, 0.15) is 199 Å². The van der Waals surface area contributed by atoms with Gasteiger partial charge in [-0.1, -0.05) is 203 Å². The zero-order chi connectivity index (χ0) is 56.1. The molecule has 3 aromatic heterocycles. The van der Waals surface area contributed by atoms with Gasteiger partial charge in [-0.3, -0.25) is 4.90 Å². The number of benzene rings is 4. The summed E-state index contributed by atoms with van der Waals surface area (Å²) in [6, 6.07) is 40.1. The molecule has 0 amide bonds. The minimum atomic E-state index is -0.0913. The second-order valence-electron chi connectivity index (χ2n) is 29.1. The molecule has 5 nitrogen and oxygen atoms in total. The van der Waals surface area contributed by atoms with Gasteiger partial charge in [-0.2, -0.15) is 0 Å². The van der Waals surface area contributed by atoms with Crippen LogP contribution >= 0.6 is 0 Å². The summed E-state index contributed by atoms with van der Waals surface area (Å²) in [6.07, 6.45) is 11.5. The van der Waals surface area contributed by atoms with Crippen LogP contribution in [0.5, 0.6) is 0 Å². The highest BCUT2D eigenvalue weighted by molar-refractivity contribution is 6.00. The Hall–Kier alpha value is -6.56. The van der Waals surface area contributed by atoms with Crippen molar-refractivity contribution >= 4 is 46.4 Å². The molecule has 3 aliphatic heterocycles. The molecule has 0 spiro atoms. The molecule has 0 radical (unpaired) electrons. The van der Waals surface area contributed by atoms with Gasteiger partial charge in [0.25, 0.3) is 0 Å². The second kappa shape index (κ2) is 19.7. The van der Waals surface area contributed by atoms with Crippen LogP contribution in [-0.2, 0) is 39.0 Å². The molecule has 4 aromatic carbocycles. The van der Waals surface area contributed by atoms with Crippen molar-refractivity contribution in [2.75, 3.05) is 13.1 Å². The molecule has 5 heteroatoms. The van der Waals surface area contributed by atoms with E-state index in [0.29, 0.717) is 0 Å². The van der Waals surface area contributed by atoms with Crippen LogP contribution in [0.2, 0.25) is 0 Å². The normalized spacial score (nSPS) is 14.7. The van der Waals surface area contributed by atoms with Crippen molar-refractivity contribution < 1.29 is 0 Å². The molecule has 7 aromatic rings. The van der Waals surface area contributed by atoms with Gasteiger partial charge in [0.1, 0.15) is 0 Å². The summed E-state index contributed by atoms with van der Waals surface area (Å²) in [4.78, 5) is 22.4. The van der Waals surface area contributed by atoms with E-state index in [0.717, 1.165) is 109 Å². The summed E-state index contributed by atoms with van der Waals surface area (Å²) in [6.45, 7) is 45.1. The molecule has 2 N–H and O–H groups in total. The highest BCUT2D eigenvalue weighted by atomic mass is 15.1. The fourth-order valence-corrected chi connectivity index (χ4v) is 11.3. The Morgan fingerprint density at radius 3 is 0.846 bits per heavy atom. The molecule has 0 saturated carbocycles. The molecule has 0 unspecified atom stereocenters. The van der Waals surface area contributed by atoms with E-state index in [2.05, 4.69) is 267 Å². The van der Waals surface area contributed by atoms with Gasteiger partial charge in [0, 0.05) is 50.9 Å². The third kappa shape index (κ3) is 11.2. The van der Waals surface area contributed by atoms with E-state index in [4.69, 9.17) is 9.97 Å². The average Bonchev–Trinajstić information content (AvgIpc) is 4.35. The SMILES string of the molecule is CC(C)(C)c1cc(-c2c3nc(c(-c4cc(C(C)(C)C)cc(C(C)(C)C)c4)c4ccc([nH]4)c(-c4cc(C(C)(C)C)cc(C(C)(C)C)c4)c4nc(c(-c5ccc(CN6CCCC6)cc5)c5ccc2[nH]5)C=C4)C=C3)cc(C(C)(C)C)c1. The van der Waals surface area contributed by atoms with Crippen molar-refractivity contribution in [1.29, 1.82) is 0 Å². The smallest absolute Gasteiger partial charge is 0.0737 e. The molecular formula is C73H87N5. The number of fused-ring (bicyclic) bond motifs is 8. The van der Waals surface area contributed by atoms with Crippen molar-refractivity contribution in [3.63, 3.8) is 0 Å². The van der Waals surface area contributed by atoms with E-state index in [1.54, 1.807) is 0 Å². The van der Waals surface area contributed by atoms with Gasteiger partial charge < -0.3 is 9.97 Å². The van der Waals surface area contributed by atoms with E-state index in [9.17, 15) is 0 Å². The molecule has 6 heterocycles. The monoisotopic (exact) mass is 1030 g/mol. The molecule has 10 rings (SSSR count). The lowest BCUT2D eigenvalue weighted by Gasteiger charge is -2.26. The zero-order valence-corrected chi connectivity index (χ0v) is 50.5. The molecule has 1 fully saturated rings. The zero-order valence-electron chi connectivity index (χ0n) is 50.5. The Balaban J connectivity index is 1.39. The first kappa shape index (κ1) is 54.8. The number of rotatable bonds is 6. The third-order valence-electron chi connectivity index (χ3n) is 16.5. The van der Waals surface area contributed by atoms with Crippen LogP contribution < -0.4 is 0 Å². The number of likely N-dealkylation sites (tertiary alicyclic amines) is 1. The molecule has 0 aliphatic carbocycles. The number of nitrogens with zero attached hydrogens (tertiary/aromatic N) is 3. The Kier molecular flexibility index (Phi) is 13.8. The molecule has 8 bridgehead atoms. The Morgan fingerprint density at radius 1 is 0.333 bits per heavy atom. The minimum Gasteiger partial charge on any atom is -0.354 e. The summed E-state index contributed by atoms with van der Waals surface area (Å²) < 4.78 is 0. The van der Waals surface area contributed by atoms with Crippen LogP contribution in [0.15, 0.2) is 103 Å². The minimum absolute atomic E-state index is 0.0865. The lowest BCUT2D eigenvalue weighted by Crippen LogP contribution is -2.18. The average molecular weight is 1030 g/mol. The van der Waals surface area contributed by atoms with Gasteiger partial charge in [0.15, 0.2) is 0 Å². The van der Waals surface area contributed by atoms with Crippen LogP contribution in [0.25, 0.3) is 90.9 Å². The number of H-pyrrole nitrogens is 2. The predicted octanol–water partition coefficient (Wildman–Crippen LogP) is 19.7. The fourth-order valence-electron chi connectivity index (χ4n) is 11.3. The Labute approximate surface area is 467 Å².